The minimum absolute atomic E-state index is 0.0103. The second kappa shape index (κ2) is 9.37. The second-order valence-electron chi connectivity index (χ2n) is 7.68. The predicted molar refractivity (Wildman–Crippen MR) is 123 cm³/mol. The molecule has 0 aliphatic carbocycles. The predicted octanol–water partition coefficient (Wildman–Crippen LogP) is 2.60. The summed E-state index contributed by atoms with van der Waals surface area (Å²) in [5.74, 6) is -1.99. The Kier molecular flexibility index (Phi) is 6.67. The summed E-state index contributed by atoms with van der Waals surface area (Å²) < 4.78 is 33.4. The van der Waals surface area contributed by atoms with Gasteiger partial charge in [0.25, 0.3) is 11.5 Å². The highest BCUT2D eigenvalue weighted by molar-refractivity contribution is 7.89. The maximum atomic E-state index is 13.2. The zero-order chi connectivity index (χ0) is 24.6. The van der Waals surface area contributed by atoms with Crippen molar-refractivity contribution in [1.29, 1.82) is 0 Å². The molecule has 1 aliphatic rings. The summed E-state index contributed by atoms with van der Waals surface area (Å²) in [6.45, 7) is 0.270. The number of sulfonamides is 1. The van der Waals surface area contributed by atoms with Gasteiger partial charge in [-0.05, 0) is 31.0 Å². The Hall–Kier alpha value is -2.93. The molecule has 34 heavy (non-hydrogen) atoms. The van der Waals surface area contributed by atoms with Crippen LogP contribution in [0, 0.1) is 0 Å². The molecule has 14 heteroatoms. The van der Waals surface area contributed by atoms with Crippen molar-refractivity contribution in [2.45, 2.75) is 23.7 Å². The second-order valence-corrected chi connectivity index (χ2v) is 10.4. The first kappa shape index (κ1) is 24.2. The molecule has 11 nitrogen and oxygen atoms in total. The van der Waals surface area contributed by atoms with Crippen molar-refractivity contribution < 1.29 is 22.8 Å². The van der Waals surface area contributed by atoms with E-state index in [1.807, 2.05) is 0 Å². The molecule has 3 heterocycles. The minimum Gasteiger partial charge on any atom is -0.501 e. The average molecular weight is 528 g/mol. The SMILES string of the molecule is Cn1c([C@H]2CCCN(S(=O)(=O)c3ccc(Cl)c(Cl)c3)C2)nc(C(=O)Nc2cnoc2)c(O)c1=O. The molecule has 1 saturated heterocycles. The first-order valence-corrected chi connectivity index (χ1v) is 12.2. The largest absolute Gasteiger partial charge is 0.501 e. The molecule has 0 unspecified atom stereocenters. The first-order valence-electron chi connectivity index (χ1n) is 10.1. The average Bonchev–Trinajstić information content (AvgIpc) is 3.32. The van der Waals surface area contributed by atoms with Crippen LogP contribution in [0.3, 0.4) is 0 Å². The van der Waals surface area contributed by atoms with Gasteiger partial charge in [-0.1, -0.05) is 28.4 Å². The van der Waals surface area contributed by atoms with E-state index in [-0.39, 0.29) is 39.5 Å². The summed E-state index contributed by atoms with van der Waals surface area (Å²) in [6.07, 6.45) is 3.42. The van der Waals surface area contributed by atoms with Crippen LogP contribution < -0.4 is 10.9 Å². The number of carbonyl (C=O) groups is 1. The topological polar surface area (TPSA) is 148 Å². The van der Waals surface area contributed by atoms with Crippen LogP contribution >= 0.6 is 23.2 Å². The van der Waals surface area contributed by atoms with Gasteiger partial charge < -0.3 is 14.9 Å². The molecule has 1 atom stereocenters. The molecule has 2 aromatic heterocycles. The van der Waals surface area contributed by atoms with E-state index in [1.165, 1.54) is 42.0 Å². The van der Waals surface area contributed by atoms with Crippen LogP contribution in [0.15, 0.2) is 44.9 Å². The number of hydrogen-bond donors (Lipinski definition) is 2. The number of carbonyl (C=O) groups excluding carboxylic acids is 1. The summed E-state index contributed by atoms with van der Waals surface area (Å²) in [7, 11) is -2.50. The number of halogens is 2. The lowest BCUT2D eigenvalue weighted by Gasteiger charge is -2.32. The highest BCUT2D eigenvalue weighted by Gasteiger charge is 2.34. The van der Waals surface area contributed by atoms with Gasteiger partial charge in [0.2, 0.25) is 15.8 Å². The third-order valence-corrected chi connectivity index (χ3v) is 8.09. The van der Waals surface area contributed by atoms with Crippen LogP contribution in [-0.4, -0.2) is 51.5 Å². The summed E-state index contributed by atoms with van der Waals surface area (Å²) in [4.78, 5) is 29.5. The smallest absolute Gasteiger partial charge is 0.296 e. The van der Waals surface area contributed by atoms with Crippen LogP contribution in [0.1, 0.15) is 35.1 Å². The van der Waals surface area contributed by atoms with Crippen LogP contribution in [0.2, 0.25) is 10.0 Å². The lowest BCUT2D eigenvalue weighted by atomic mass is 9.98. The lowest BCUT2D eigenvalue weighted by molar-refractivity contribution is 0.101. The van der Waals surface area contributed by atoms with E-state index in [4.69, 9.17) is 23.2 Å². The molecule has 1 fully saturated rings. The molecule has 1 amide bonds. The van der Waals surface area contributed by atoms with E-state index in [0.717, 1.165) is 4.57 Å². The number of aromatic hydroxyl groups is 1. The van der Waals surface area contributed by atoms with Crippen molar-refractivity contribution in [3.63, 3.8) is 0 Å². The zero-order valence-electron chi connectivity index (χ0n) is 17.7. The van der Waals surface area contributed by atoms with Gasteiger partial charge >= 0.3 is 0 Å². The maximum absolute atomic E-state index is 13.2. The van der Waals surface area contributed by atoms with Gasteiger partial charge in [-0.3, -0.25) is 14.2 Å². The van der Waals surface area contributed by atoms with Gasteiger partial charge in [0.05, 0.1) is 21.1 Å². The maximum Gasteiger partial charge on any atom is 0.296 e. The summed E-state index contributed by atoms with van der Waals surface area (Å²) >= 11 is 11.9. The third-order valence-electron chi connectivity index (χ3n) is 5.48. The molecule has 0 saturated carbocycles. The first-order chi connectivity index (χ1) is 16.1. The number of amides is 1. The minimum atomic E-state index is -3.91. The molecular formula is C20H19Cl2N5O6S. The Balaban J connectivity index is 1.66. The summed E-state index contributed by atoms with van der Waals surface area (Å²) in [5, 5.41) is 16.5. The van der Waals surface area contributed by atoms with E-state index in [2.05, 4.69) is 20.0 Å². The molecule has 0 bridgehead atoms. The number of piperidine rings is 1. The molecule has 1 aliphatic heterocycles. The molecule has 0 spiro atoms. The fraction of sp³-hybridized carbons (Fsp3) is 0.300. The van der Waals surface area contributed by atoms with Crippen LogP contribution in [0.4, 0.5) is 5.69 Å². The van der Waals surface area contributed by atoms with Crippen molar-refractivity contribution in [2.75, 3.05) is 18.4 Å². The van der Waals surface area contributed by atoms with Gasteiger partial charge in [-0.15, -0.1) is 0 Å². The fourth-order valence-electron chi connectivity index (χ4n) is 3.74. The van der Waals surface area contributed by atoms with E-state index in [1.54, 1.807) is 0 Å². The monoisotopic (exact) mass is 527 g/mol. The Morgan fingerprint density at radius 3 is 2.74 bits per heavy atom. The number of rotatable bonds is 5. The van der Waals surface area contributed by atoms with Gasteiger partial charge in [0.1, 0.15) is 17.8 Å². The van der Waals surface area contributed by atoms with E-state index >= 15 is 0 Å². The van der Waals surface area contributed by atoms with Gasteiger partial charge in [0, 0.05) is 26.1 Å². The van der Waals surface area contributed by atoms with Gasteiger partial charge in [-0.2, -0.15) is 4.31 Å². The van der Waals surface area contributed by atoms with Crippen molar-refractivity contribution >= 4 is 44.8 Å². The molecular weight excluding hydrogens is 509 g/mol. The fourth-order valence-corrected chi connectivity index (χ4v) is 5.66. The highest BCUT2D eigenvalue weighted by Crippen LogP contribution is 2.32. The molecule has 4 rings (SSSR count). The normalized spacial score (nSPS) is 17.0. The van der Waals surface area contributed by atoms with Gasteiger partial charge in [0.15, 0.2) is 5.69 Å². The van der Waals surface area contributed by atoms with Crippen molar-refractivity contribution in [3.05, 3.63) is 62.6 Å². The van der Waals surface area contributed by atoms with Gasteiger partial charge in [-0.25, -0.2) is 13.4 Å². The lowest BCUT2D eigenvalue weighted by Crippen LogP contribution is -2.41. The van der Waals surface area contributed by atoms with Crippen LogP contribution in [0.5, 0.6) is 5.75 Å². The van der Waals surface area contributed by atoms with E-state index in [9.17, 15) is 23.1 Å². The number of aromatic nitrogens is 3. The highest BCUT2D eigenvalue weighted by atomic mass is 35.5. The Morgan fingerprint density at radius 1 is 1.29 bits per heavy atom. The Morgan fingerprint density at radius 2 is 2.06 bits per heavy atom. The molecule has 1 aromatic carbocycles. The molecule has 180 valence electrons. The standard InChI is InChI=1S/C20H19Cl2N5O6S/c1-26-18(25-16(17(28)20(26)30)19(29)24-12-8-23-33-10-12)11-3-2-6-27(9-11)34(31,32)13-4-5-14(21)15(22)7-13/h4-5,7-8,10-11,28H,2-3,6,9H2,1H3,(H,24,29)/t11-/m0/s1. The van der Waals surface area contributed by atoms with Crippen molar-refractivity contribution in [2.24, 2.45) is 7.05 Å². The quantitative estimate of drug-likeness (QED) is 0.514. The Labute approximate surface area is 204 Å². The van der Waals surface area contributed by atoms with Crippen LogP contribution in [-0.2, 0) is 17.1 Å². The van der Waals surface area contributed by atoms with Crippen molar-refractivity contribution in [1.82, 2.24) is 19.0 Å². The summed E-state index contributed by atoms with van der Waals surface area (Å²) in [5.41, 5.74) is -1.10. The zero-order valence-corrected chi connectivity index (χ0v) is 20.1. The summed E-state index contributed by atoms with van der Waals surface area (Å²) in [6, 6.07) is 4.06. The number of benzene rings is 1. The number of nitrogens with one attached hydrogen (secondary N) is 1. The molecule has 0 radical (unpaired) electrons. The number of nitrogens with zero attached hydrogens (tertiary/aromatic N) is 4. The molecule has 2 N–H and O–H groups in total. The molecule has 3 aromatic rings. The third kappa shape index (κ3) is 4.53. The van der Waals surface area contributed by atoms with Crippen molar-refractivity contribution in [3.8, 4) is 5.75 Å². The van der Waals surface area contributed by atoms with E-state index in [0.29, 0.717) is 12.8 Å². The Bertz CT molecular complexity index is 1410. The number of anilines is 1. The van der Waals surface area contributed by atoms with E-state index < -0.39 is 38.9 Å². The number of hydrogen-bond acceptors (Lipinski definition) is 8. The van der Waals surface area contributed by atoms with Crippen LogP contribution in [0.25, 0.3) is 0 Å².